The van der Waals surface area contributed by atoms with Crippen LogP contribution in [0.3, 0.4) is 0 Å². The summed E-state index contributed by atoms with van der Waals surface area (Å²) < 4.78 is 38.0. The first-order valence-corrected chi connectivity index (χ1v) is 6.51. The van der Waals surface area contributed by atoms with E-state index in [1.165, 1.54) is 6.07 Å². The smallest absolute Gasteiger partial charge is 0.328 e. The van der Waals surface area contributed by atoms with Crippen molar-refractivity contribution in [1.29, 1.82) is 0 Å². The van der Waals surface area contributed by atoms with Crippen molar-refractivity contribution >= 4 is 11.6 Å². The Bertz CT molecular complexity index is 514. The highest BCUT2D eigenvalue weighted by atomic mass is 19.4. The van der Waals surface area contributed by atoms with Gasteiger partial charge in [-0.05, 0) is 43.9 Å². The zero-order valence-electron chi connectivity index (χ0n) is 11.1. The molecule has 0 aromatic heterocycles. The molecule has 0 aliphatic heterocycles. The van der Waals surface area contributed by atoms with Crippen LogP contribution >= 0.6 is 0 Å². The van der Waals surface area contributed by atoms with Gasteiger partial charge >= 0.3 is 6.18 Å². The van der Waals surface area contributed by atoms with Gasteiger partial charge in [-0.15, -0.1) is 0 Å². The van der Waals surface area contributed by atoms with Crippen LogP contribution in [0.4, 0.5) is 18.9 Å². The Hall–Kier alpha value is -1.56. The number of aryl methyl sites for hydroxylation is 1. The van der Waals surface area contributed by atoms with Gasteiger partial charge in [0.05, 0.1) is 5.56 Å². The molecule has 3 N–H and O–H groups in total. The monoisotopic (exact) mass is 286 g/mol. The van der Waals surface area contributed by atoms with Gasteiger partial charge in [-0.25, -0.2) is 0 Å². The summed E-state index contributed by atoms with van der Waals surface area (Å²) in [6.07, 6.45) is -2.36. The summed E-state index contributed by atoms with van der Waals surface area (Å²) >= 11 is 0. The van der Waals surface area contributed by atoms with Crippen molar-refractivity contribution in [3.8, 4) is 0 Å². The molecule has 2 rings (SSSR count). The van der Waals surface area contributed by atoms with E-state index >= 15 is 0 Å². The molecule has 1 amide bonds. The highest BCUT2D eigenvalue weighted by Gasteiger charge is 2.32. The second-order valence-corrected chi connectivity index (χ2v) is 5.29. The standard InChI is InChI=1S/C14H17F3N2O/c1-8-2-4-10(14(15,16)17)7-12(8)19-13(20)9-3-5-11(18)6-9/h2,4,7,9,11H,3,5-6,18H2,1H3,(H,19,20). The molecule has 0 bridgehead atoms. The number of hydrogen-bond donors (Lipinski definition) is 2. The largest absolute Gasteiger partial charge is 0.416 e. The zero-order chi connectivity index (χ0) is 14.9. The lowest BCUT2D eigenvalue weighted by atomic mass is 10.1. The van der Waals surface area contributed by atoms with Crippen molar-refractivity contribution in [2.24, 2.45) is 11.7 Å². The molecule has 1 aromatic rings. The Balaban J connectivity index is 2.14. The van der Waals surface area contributed by atoms with Crippen molar-refractivity contribution in [3.05, 3.63) is 29.3 Å². The summed E-state index contributed by atoms with van der Waals surface area (Å²) in [6.45, 7) is 1.66. The molecule has 6 heteroatoms. The molecule has 1 fully saturated rings. The van der Waals surface area contributed by atoms with E-state index in [9.17, 15) is 18.0 Å². The predicted molar refractivity (Wildman–Crippen MR) is 70.1 cm³/mol. The fourth-order valence-corrected chi connectivity index (χ4v) is 2.42. The number of benzene rings is 1. The Morgan fingerprint density at radius 2 is 2.05 bits per heavy atom. The lowest BCUT2D eigenvalue weighted by Crippen LogP contribution is -2.23. The maximum atomic E-state index is 12.7. The maximum absolute atomic E-state index is 12.7. The molecule has 1 aromatic carbocycles. The summed E-state index contributed by atoms with van der Waals surface area (Å²) in [5, 5.41) is 2.59. The lowest BCUT2D eigenvalue weighted by molar-refractivity contribution is -0.137. The van der Waals surface area contributed by atoms with E-state index in [0.717, 1.165) is 18.6 Å². The van der Waals surface area contributed by atoms with Gasteiger partial charge < -0.3 is 11.1 Å². The van der Waals surface area contributed by atoms with Crippen LogP contribution in [-0.2, 0) is 11.0 Å². The molecule has 0 spiro atoms. The van der Waals surface area contributed by atoms with Crippen molar-refractivity contribution in [3.63, 3.8) is 0 Å². The van der Waals surface area contributed by atoms with E-state index in [-0.39, 0.29) is 23.6 Å². The number of nitrogens with two attached hydrogens (primary N) is 1. The number of carbonyl (C=O) groups is 1. The van der Waals surface area contributed by atoms with Crippen LogP contribution < -0.4 is 11.1 Å². The van der Waals surface area contributed by atoms with Gasteiger partial charge in [0.2, 0.25) is 5.91 Å². The van der Waals surface area contributed by atoms with E-state index in [1.807, 2.05) is 0 Å². The average molecular weight is 286 g/mol. The predicted octanol–water partition coefficient (Wildman–Crippen LogP) is 3.08. The quantitative estimate of drug-likeness (QED) is 0.877. The van der Waals surface area contributed by atoms with Crippen LogP contribution in [0.25, 0.3) is 0 Å². The lowest BCUT2D eigenvalue weighted by Gasteiger charge is -2.15. The summed E-state index contributed by atoms with van der Waals surface area (Å²) in [4.78, 5) is 12.0. The summed E-state index contributed by atoms with van der Waals surface area (Å²) in [5.41, 5.74) is 5.79. The summed E-state index contributed by atoms with van der Waals surface area (Å²) in [7, 11) is 0. The Morgan fingerprint density at radius 3 is 2.60 bits per heavy atom. The first-order chi connectivity index (χ1) is 9.27. The second-order valence-electron chi connectivity index (χ2n) is 5.29. The van der Waals surface area contributed by atoms with Gasteiger partial charge in [-0.1, -0.05) is 6.07 Å². The third-order valence-corrected chi connectivity index (χ3v) is 3.67. The van der Waals surface area contributed by atoms with Gasteiger partial charge in [0.1, 0.15) is 0 Å². The van der Waals surface area contributed by atoms with Gasteiger partial charge in [0, 0.05) is 17.6 Å². The molecule has 2 atom stereocenters. The number of anilines is 1. The molecule has 0 radical (unpaired) electrons. The minimum atomic E-state index is -4.41. The molecule has 3 nitrogen and oxygen atoms in total. The summed E-state index contributed by atoms with van der Waals surface area (Å²) in [6, 6.07) is 3.35. The number of rotatable bonds is 2. The number of carbonyl (C=O) groups excluding carboxylic acids is 1. The third kappa shape index (κ3) is 3.30. The minimum Gasteiger partial charge on any atom is -0.328 e. The Labute approximate surface area is 115 Å². The van der Waals surface area contributed by atoms with E-state index in [2.05, 4.69) is 5.32 Å². The molecule has 0 heterocycles. The Morgan fingerprint density at radius 1 is 1.35 bits per heavy atom. The molecular weight excluding hydrogens is 269 g/mol. The van der Waals surface area contributed by atoms with Crippen molar-refractivity contribution in [2.45, 2.75) is 38.4 Å². The number of amides is 1. The van der Waals surface area contributed by atoms with Crippen LogP contribution in [0.15, 0.2) is 18.2 Å². The number of hydrogen-bond acceptors (Lipinski definition) is 2. The molecule has 2 unspecified atom stereocenters. The molecule has 1 aliphatic rings. The van der Waals surface area contributed by atoms with Crippen LogP contribution in [0.5, 0.6) is 0 Å². The topological polar surface area (TPSA) is 55.1 Å². The van der Waals surface area contributed by atoms with E-state index in [4.69, 9.17) is 5.73 Å². The first kappa shape index (κ1) is 14.8. The Kier molecular flexibility index (Phi) is 4.04. The van der Waals surface area contributed by atoms with Crippen molar-refractivity contribution in [2.75, 3.05) is 5.32 Å². The average Bonchev–Trinajstić information content (AvgIpc) is 2.77. The van der Waals surface area contributed by atoms with Crippen molar-refractivity contribution < 1.29 is 18.0 Å². The van der Waals surface area contributed by atoms with E-state index in [0.29, 0.717) is 18.4 Å². The van der Waals surface area contributed by atoms with Gasteiger partial charge in [0.25, 0.3) is 0 Å². The molecule has 110 valence electrons. The van der Waals surface area contributed by atoms with Crippen LogP contribution in [-0.4, -0.2) is 11.9 Å². The van der Waals surface area contributed by atoms with E-state index in [1.54, 1.807) is 6.92 Å². The molecule has 0 saturated heterocycles. The SMILES string of the molecule is Cc1ccc(C(F)(F)F)cc1NC(=O)C1CCC(N)C1. The normalized spacial score (nSPS) is 22.9. The highest BCUT2D eigenvalue weighted by Crippen LogP contribution is 2.32. The van der Waals surface area contributed by atoms with Gasteiger partial charge in [-0.2, -0.15) is 13.2 Å². The van der Waals surface area contributed by atoms with Crippen LogP contribution in [0.2, 0.25) is 0 Å². The number of alkyl halides is 3. The minimum absolute atomic E-state index is 0.00774. The second kappa shape index (κ2) is 5.44. The maximum Gasteiger partial charge on any atom is 0.416 e. The zero-order valence-corrected chi connectivity index (χ0v) is 11.1. The molecular formula is C14H17F3N2O. The third-order valence-electron chi connectivity index (χ3n) is 3.67. The van der Waals surface area contributed by atoms with Crippen LogP contribution in [0.1, 0.15) is 30.4 Å². The molecule has 20 heavy (non-hydrogen) atoms. The first-order valence-electron chi connectivity index (χ1n) is 6.51. The van der Waals surface area contributed by atoms with Crippen molar-refractivity contribution in [1.82, 2.24) is 0 Å². The van der Waals surface area contributed by atoms with Crippen LogP contribution in [0, 0.1) is 12.8 Å². The summed E-state index contributed by atoms with van der Waals surface area (Å²) in [5.74, 6) is -0.459. The molecule has 1 aliphatic carbocycles. The van der Waals surface area contributed by atoms with Gasteiger partial charge in [0.15, 0.2) is 0 Å². The fourth-order valence-electron chi connectivity index (χ4n) is 2.42. The van der Waals surface area contributed by atoms with Gasteiger partial charge in [-0.3, -0.25) is 4.79 Å². The number of nitrogens with one attached hydrogen (secondary N) is 1. The van der Waals surface area contributed by atoms with E-state index < -0.39 is 11.7 Å². The number of halogens is 3. The fraction of sp³-hybridized carbons (Fsp3) is 0.500. The molecule has 1 saturated carbocycles. The highest BCUT2D eigenvalue weighted by molar-refractivity contribution is 5.93.